The summed E-state index contributed by atoms with van der Waals surface area (Å²) in [4.78, 5) is 14.6. The Morgan fingerprint density at radius 3 is 1.57 bits per heavy atom. The number of rotatable bonds is 15. The lowest BCUT2D eigenvalue weighted by Gasteiger charge is -2.24. The van der Waals surface area contributed by atoms with E-state index in [1.54, 1.807) is 55.6 Å². The molecule has 12 aromatic rings. The van der Waals surface area contributed by atoms with Gasteiger partial charge in [0.15, 0.2) is 11.2 Å². The van der Waals surface area contributed by atoms with Gasteiger partial charge in [0.1, 0.15) is 39.9 Å². The Balaban J connectivity index is 1.42. The Morgan fingerprint density at radius 2 is 1.07 bits per heavy atom. The van der Waals surface area contributed by atoms with Gasteiger partial charge >= 0.3 is 13.7 Å². The molecule has 4 heterocycles. The Bertz CT molecular complexity index is 4270. The maximum absolute atomic E-state index is 12.2. The van der Waals surface area contributed by atoms with Crippen molar-refractivity contribution in [2.45, 2.75) is 20.5 Å². The molecular weight excluding hydrogens is 994 g/mol. The number of phenols is 1. The fourth-order valence-corrected chi connectivity index (χ4v) is 10.8. The number of aromatic hydroxyl groups is 1. The topological polar surface area (TPSA) is 149 Å². The van der Waals surface area contributed by atoms with Crippen molar-refractivity contribution >= 4 is 79.8 Å². The first-order valence-corrected chi connectivity index (χ1v) is 26.3. The molecule has 4 aromatic heterocycles. The number of nitriles is 1. The molecule has 0 saturated carbocycles. The quantitative estimate of drug-likeness (QED) is 0.0757. The molecule has 0 spiro atoms. The zero-order valence-electron chi connectivity index (χ0n) is 44.0. The number of aromatic nitrogens is 4. The summed E-state index contributed by atoms with van der Waals surface area (Å²) in [5, 5.41) is 35.6. The zero-order chi connectivity index (χ0) is 54.9. The average molecular weight is 1040 g/mol. The van der Waals surface area contributed by atoms with Gasteiger partial charge in [-0.2, -0.15) is 5.26 Å². The van der Waals surface area contributed by atoms with E-state index in [1.807, 2.05) is 109 Å². The third-order valence-electron chi connectivity index (χ3n) is 14.3. The van der Waals surface area contributed by atoms with Crippen LogP contribution >= 0.6 is 0 Å². The van der Waals surface area contributed by atoms with Crippen LogP contribution in [0.3, 0.4) is 0 Å². The van der Waals surface area contributed by atoms with Crippen molar-refractivity contribution in [2.75, 3.05) is 13.7 Å². The van der Waals surface area contributed by atoms with Gasteiger partial charge in [0.2, 0.25) is 11.8 Å². The molecule has 80 heavy (non-hydrogen) atoms. The van der Waals surface area contributed by atoms with Gasteiger partial charge < -0.3 is 37.5 Å². The van der Waals surface area contributed by atoms with Gasteiger partial charge in [-0.05, 0) is 95.4 Å². The summed E-state index contributed by atoms with van der Waals surface area (Å²) in [5.41, 5.74) is 8.81. The Morgan fingerprint density at radius 1 is 0.613 bits per heavy atom. The molecule has 0 saturated heterocycles. The highest BCUT2D eigenvalue weighted by Crippen LogP contribution is 2.38. The van der Waals surface area contributed by atoms with E-state index in [-0.39, 0.29) is 41.3 Å². The molecular formula is C66H50B2N6O6. The number of aliphatic hydroxyl groups is 1. The van der Waals surface area contributed by atoms with Crippen LogP contribution in [0.4, 0.5) is 0 Å². The SMILES string of the molecule is [C-]#[N+]/C(c1nc2cc(OC)ccc2o1)=c1\c2c(-c3ccc(OCC(C)C)cc3)n(B(c3ccccc3)c3ccccc3)/c(=C(/C#N)c3nc4cc(CO)ccc4o3)c2c(-c2ccc(O)cc2)n1B(c1ccccc1)c1ccccc1. The highest BCUT2D eigenvalue weighted by Gasteiger charge is 2.38. The van der Waals surface area contributed by atoms with Crippen molar-refractivity contribution in [2.24, 2.45) is 5.92 Å². The number of phenolic OH excluding ortho intramolecular Hbond substituents is 1. The number of fused-ring (bicyclic) bond motifs is 3. The molecule has 0 aliphatic carbocycles. The summed E-state index contributed by atoms with van der Waals surface area (Å²) >= 11 is 0. The van der Waals surface area contributed by atoms with Crippen molar-refractivity contribution in [1.29, 1.82) is 5.26 Å². The largest absolute Gasteiger partial charge is 0.508 e. The molecule has 0 unspecified atom stereocenters. The lowest BCUT2D eigenvalue weighted by Crippen LogP contribution is -2.54. The van der Waals surface area contributed by atoms with Crippen LogP contribution in [0.2, 0.25) is 0 Å². The van der Waals surface area contributed by atoms with Gasteiger partial charge in [0, 0.05) is 28.2 Å². The minimum Gasteiger partial charge on any atom is -0.508 e. The summed E-state index contributed by atoms with van der Waals surface area (Å²) in [6, 6.07) is 68.7. The average Bonchev–Trinajstić information content (AvgIpc) is 4.34. The molecule has 0 amide bonds. The molecule has 0 radical (unpaired) electrons. The van der Waals surface area contributed by atoms with Gasteiger partial charge in [0.05, 0.1) is 37.6 Å². The van der Waals surface area contributed by atoms with Crippen LogP contribution in [0.5, 0.6) is 17.2 Å². The standard InChI is InChI=1S/C66H50B2N6O6/c1-42(2)41-78-51-32-28-45(29-33-51)62-59-58(63(53(39-69)65-71-54-37-43(40-75)25-35-56(54)79-65)73(62)67(46-17-9-5-10-18-46)47-19-11-6-12-20-47)61(44-26-30-50(76)31-27-44)74(68(48-21-13-7-14-22-48)49-23-15-8-16-24-49)64(59)60(70-3)66-72-55-38-52(77-4)34-36-57(55)80-66/h5-38,42,75-76H,40-41H2,1-2,4H3/b63-53-,64-60+. The number of methoxy groups -OCH3 is 1. The van der Waals surface area contributed by atoms with E-state index in [9.17, 15) is 22.0 Å². The Kier molecular flexibility index (Phi) is 13.7. The molecule has 8 aromatic carbocycles. The van der Waals surface area contributed by atoms with Gasteiger partial charge in [-0.3, -0.25) is 0 Å². The third kappa shape index (κ3) is 9.23. The maximum atomic E-state index is 12.2. The first-order valence-electron chi connectivity index (χ1n) is 26.3. The molecule has 2 N–H and O–H groups in total. The number of oxazole rings is 2. The molecule has 0 aliphatic heterocycles. The Hall–Kier alpha value is -10.3. The van der Waals surface area contributed by atoms with E-state index in [4.69, 9.17) is 28.3 Å². The summed E-state index contributed by atoms with van der Waals surface area (Å²) in [7, 11) is 1.59. The van der Waals surface area contributed by atoms with Gasteiger partial charge in [-0.25, -0.2) is 14.8 Å². The molecule has 0 aliphatic rings. The minimum absolute atomic E-state index is 0.0398. The van der Waals surface area contributed by atoms with Crippen LogP contribution in [-0.4, -0.2) is 56.5 Å². The number of benzene rings is 8. The summed E-state index contributed by atoms with van der Waals surface area (Å²) in [5.74, 6) is 1.66. The molecule has 386 valence electrons. The van der Waals surface area contributed by atoms with Crippen molar-refractivity contribution in [1.82, 2.24) is 18.9 Å². The minimum atomic E-state index is -0.656. The summed E-state index contributed by atoms with van der Waals surface area (Å²) < 4.78 is 29.8. The van der Waals surface area contributed by atoms with Crippen molar-refractivity contribution in [3.8, 4) is 45.8 Å². The highest BCUT2D eigenvalue weighted by molar-refractivity contribution is 6.85. The van der Waals surface area contributed by atoms with Crippen LogP contribution in [0.1, 0.15) is 31.2 Å². The van der Waals surface area contributed by atoms with Gasteiger partial charge in [-0.15, -0.1) is 0 Å². The lowest BCUT2D eigenvalue weighted by molar-refractivity contribution is 0.271. The molecule has 12 rings (SSSR count). The monoisotopic (exact) mass is 1040 g/mol. The van der Waals surface area contributed by atoms with Crippen molar-refractivity contribution in [3.63, 3.8) is 0 Å². The van der Waals surface area contributed by atoms with E-state index in [0.717, 1.165) is 27.4 Å². The summed E-state index contributed by atoms with van der Waals surface area (Å²) in [6.45, 7) is 12.7. The number of ether oxygens (including phenoxy) is 2. The zero-order valence-corrected chi connectivity index (χ0v) is 44.0. The van der Waals surface area contributed by atoms with Gasteiger partial charge in [-0.1, -0.05) is 163 Å². The first-order chi connectivity index (χ1) is 39.2. The van der Waals surface area contributed by atoms with E-state index < -0.39 is 13.7 Å². The van der Waals surface area contributed by atoms with E-state index in [1.165, 1.54) is 0 Å². The van der Waals surface area contributed by atoms with Crippen molar-refractivity contribution < 1.29 is 28.5 Å². The highest BCUT2D eigenvalue weighted by atomic mass is 16.5. The fourth-order valence-electron chi connectivity index (χ4n) is 10.8. The normalized spacial score (nSPS) is 12.1. The fraction of sp³-hybridized carbons (Fsp3) is 0.0909. The molecule has 14 heteroatoms. The second-order valence-corrected chi connectivity index (χ2v) is 19.9. The molecule has 0 atom stereocenters. The maximum Gasteiger partial charge on any atom is 0.328 e. The first kappa shape index (κ1) is 50.5. The number of nitrogens with zero attached hydrogens (tertiary/aromatic N) is 6. The Labute approximate surface area is 462 Å². The smallest absolute Gasteiger partial charge is 0.328 e. The second kappa shape index (κ2) is 21.6. The number of hydrogen-bond acceptors (Lipinski definition) is 9. The molecule has 0 fully saturated rings. The van der Waals surface area contributed by atoms with Crippen LogP contribution in [0.25, 0.3) is 71.6 Å². The third-order valence-corrected chi connectivity index (χ3v) is 14.3. The van der Waals surface area contributed by atoms with E-state index >= 15 is 0 Å². The summed E-state index contributed by atoms with van der Waals surface area (Å²) in [6.07, 6.45) is 0. The number of hydrogen-bond donors (Lipinski definition) is 2. The van der Waals surface area contributed by atoms with E-state index in [2.05, 4.69) is 82.2 Å². The van der Waals surface area contributed by atoms with Crippen molar-refractivity contribution in [3.05, 3.63) is 246 Å². The molecule has 0 bridgehead atoms. The van der Waals surface area contributed by atoms with E-state index in [0.29, 0.717) is 84.3 Å². The van der Waals surface area contributed by atoms with Crippen LogP contribution in [0.15, 0.2) is 215 Å². The van der Waals surface area contributed by atoms with Crippen LogP contribution in [-0.2, 0) is 6.61 Å². The predicted molar refractivity (Wildman–Crippen MR) is 316 cm³/mol. The van der Waals surface area contributed by atoms with Gasteiger partial charge in [0.25, 0.3) is 5.70 Å². The van der Waals surface area contributed by atoms with Crippen LogP contribution in [0, 0.1) is 23.8 Å². The van der Waals surface area contributed by atoms with Crippen LogP contribution < -0.4 is 42.0 Å². The second-order valence-electron chi connectivity index (χ2n) is 19.9. The molecule has 12 nitrogen and oxygen atoms in total. The number of aliphatic hydroxyl groups excluding tert-OH is 1. The lowest BCUT2D eigenvalue weighted by atomic mass is 9.50. The predicted octanol–water partition coefficient (Wildman–Crippen LogP) is 9.41.